The Labute approximate surface area is 205 Å². The minimum absolute atomic E-state index is 0.0999. The maximum Gasteiger partial charge on any atom is 0.270 e. The summed E-state index contributed by atoms with van der Waals surface area (Å²) in [6, 6.07) is 21.0. The van der Waals surface area contributed by atoms with Crippen LogP contribution in [0.5, 0.6) is 0 Å². The van der Waals surface area contributed by atoms with Crippen molar-refractivity contribution in [2.45, 2.75) is 6.92 Å². The topological polar surface area (TPSA) is 142 Å². The summed E-state index contributed by atoms with van der Waals surface area (Å²) in [4.78, 5) is 42.4. The number of amides is 2. The highest BCUT2D eigenvalue weighted by Gasteiger charge is 2.30. The zero-order valence-corrected chi connectivity index (χ0v) is 19.0. The molecule has 36 heavy (non-hydrogen) atoms. The number of anilines is 3. The Morgan fingerprint density at radius 1 is 1.00 bits per heavy atom. The number of aromatic amines is 1. The molecule has 1 aliphatic heterocycles. The molecule has 2 heterocycles. The van der Waals surface area contributed by atoms with Crippen molar-refractivity contribution in [2.75, 3.05) is 16.0 Å². The summed E-state index contributed by atoms with van der Waals surface area (Å²) in [5, 5.41) is 20.1. The van der Waals surface area contributed by atoms with E-state index in [9.17, 15) is 19.7 Å². The number of fused-ring (bicyclic) bond motifs is 1. The predicted octanol–water partition coefficient (Wildman–Crippen LogP) is 4.88. The maximum absolute atomic E-state index is 13.0. The van der Waals surface area contributed by atoms with Crippen LogP contribution in [0.15, 0.2) is 79.0 Å². The van der Waals surface area contributed by atoms with Crippen LogP contribution in [0.4, 0.5) is 23.0 Å². The molecule has 10 nitrogen and oxygen atoms in total. The van der Waals surface area contributed by atoms with Gasteiger partial charge in [-0.05, 0) is 23.8 Å². The number of aromatic nitrogens is 2. The molecule has 10 heteroatoms. The van der Waals surface area contributed by atoms with E-state index in [-0.39, 0.29) is 17.5 Å². The second-order valence-corrected chi connectivity index (χ2v) is 8.08. The fourth-order valence-corrected chi connectivity index (χ4v) is 3.97. The van der Waals surface area contributed by atoms with Gasteiger partial charge in [-0.25, -0.2) is 4.98 Å². The quantitative estimate of drug-likeness (QED) is 0.176. The summed E-state index contributed by atoms with van der Waals surface area (Å²) in [5.74, 6) is -0.217. The van der Waals surface area contributed by atoms with Gasteiger partial charge in [0.15, 0.2) is 0 Å². The third kappa shape index (κ3) is 4.42. The predicted molar refractivity (Wildman–Crippen MR) is 137 cm³/mol. The number of nitro groups is 1. The van der Waals surface area contributed by atoms with E-state index in [0.29, 0.717) is 39.9 Å². The van der Waals surface area contributed by atoms with E-state index < -0.39 is 4.92 Å². The lowest BCUT2D eigenvalue weighted by molar-refractivity contribution is -0.384. The molecule has 1 aromatic heterocycles. The van der Waals surface area contributed by atoms with Gasteiger partial charge in [0.2, 0.25) is 11.9 Å². The average molecular weight is 480 g/mol. The van der Waals surface area contributed by atoms with Gasteiger partial charge in [0.1, 0.15) is 0 Å². The van der Waals surface area contributed by atoms with Crippen LogP contribution in [0.25, 0.3) is 22.5 Å². The Balaban J connectivity index is 1.53. The fourth-order valence-electron chi connectivity index (χ4n) is 3.97. The first-order valence-electron chi connectivity index (χ1n) is 11.0. The van der Waals surface area contributed by atoms with Crippen LogP contribution in [0, 0.1) is 10.1 Å². The van der Waals surface area contributed by atoms with E-state index in [1.54, 1.807) is 6.20 Å². The number of hydrogen-bond donors (Lipinski definition) is 4. The van der Waals surface area contributed by atoms with Crippen molar-refractivity contribution in [3.63, 3.8) is 0 Å². The molecule has 0 radical (unpaired) electrons. The number of imidazole rings is 1. The monoisotopic (exact) mass is 480 g/mol. The van der Waals surface area contributed by atoms with Gasteiger partial charge < -0.3 is 15.6 Å². The van der Waals surface area contributed by atoms with E-state index in [4.69, 9.17) is 0 Å². The highest BCUT2D eigenvalue weighted by molar-refractivity contribution is 6.37. The zero-order valence-electron chi connectivity index (χ0n) is 19.0. The van der Waals surface area contributed by atoms with Crippen LogP contribution in [0.3, 0.4) is 0 Å². The fraction of sp³-hybridized carbons (Fsp3) is 0.0385. The van der Waals surface area contributed by atoms with Gasteiger partial charge in [0, 0.05) is 47.8 Å². The molecular formula is C26H20N6O4. The van der Waals surface area contributed by atoms with Gasteiger partial charge >= 0.3 is 0 Å². The van der Waals surface area contributed by atoms with Crippen molar-refractivity contribution < 1.29 is 14.5 Å². The molecule has 178 valence electrons. The first kappa shape index (κ1) is 22.5. The Morgan fingerprint density at radius 3 is 2.44 bits per heavy atom. The number of hydrogen-bond acceptors (Lipinski definition) is 6. The number of nitro benzene ring substituents is 1. The van der Waals surface area contributed by atoms with Gasteiger partial charge in [0.05, 0.1) is 21.9 Å². The number of benzene rings is 3. The normalized spacial score (nSPS) is 13.5. The molecule has 0 spiro atoms. The number of carbonyl (C=O) groups excluding carboxylic acids is 2. The number of non-ortho nitro benzene ring substituents is 1. The van der Waals surface area contributed by atoms with E-state index in [0.717, 1.165) is 11.1 Å². The first-order chi connectivity index (χ1) is 17.4. The molecule has 0 saturated carbocycles. The van der Waals surface area contributed by atoms with Crippen molar-refractivity contribution in [2.24, 2.45) is 0 Å². The van der Waals surface area contributed by atoms with Crippen molar-refractivity contribution in [1.29, 1.82) is 0 Å². The van der Waals surface area contributed by atoms with E-state index in [1.165, 1.54) is 25.1 Å². The number of nitrogens with one attached hydrogen (secondary N) is 4. The molecule has 2 amide bonds. The lowest BCUT2D eigenvalue weighted by Gasteiger charge is -2.15. The third-order valence-electron chi connectivity index (χ3n) is 5.59. The zero-order chi connectivity index (χ0) is 25.2. The van der Waals surface area contributed by atoms with Gasteiger partial charge in [-0.1, -0.05) is 42.5 Å². The van der Waals surface area contributed by atoms with Gasteiger partial charge in [0.25, 0.3) is 11.6 Å². The molecule has 3 aromatic carbocycles. The Morgan fingerprint density at radius 2 is 1.75 bits per heavy atom. The molecule has 0 aliphatic carbocycles. The lowest BCUT2D eigenvalue weighted by atomic mass is 9.99. The van der Waals surface area contributed by atoms with Crippen LogP contribution in [-0.2, 0) is 9.59 Å². The standard InChI is InChI=1S/C26H20N6O4/c1-15(33)28-26-27-14-22(31-26)16-7-9-18(10-8-16)29-24(17-5-3-2-4-6-17)23-20-13-19(32(35)36)11-12-21(20)30-25(23)34/h2-14,29H,1H3,(H,30,34)(H2,27,28,31,33)/b24-23-. The summed E-state index contributed by atoms with van der Waals surface area (Å²) < 4.78 is 0. The Hall–Kier alpha value is -5.25. The molecule has 0 unspecified atom stereocenters. The van der Waals surface area contributed by atoms with E-state index in [2.05, 4.69) is 25.9 Å². The number of carbonyl (C=O) groups is 2. The summed E-state index contributed by atoms with van der Waals surface area (Å²) >= 11 is 0. The summed E-state index contributed by atoms with van der Waals surface area (Å²) in [6.45, 7) is 1.41. The molecule has 0 atom stereocenters. The van der Waals surface area contributed by atoms with E-state index >= 15 is 0 Å². The molecule has 0 saturated heterocycles. The third-order valence-corrected chi connectivity index (χ3v) is 5.59. The highest BCUT2D eigenvalue weighted by Crippen LogP contribution is 2.39. The minimum Gasteiger partial charge on any atom is -0.354 e. The molecule has 1 aliphatic rings. The van der Waals surface area contributed by atoms with Crippen LogP contribution in [0.1, 0.15) is 18.1 Å². The largest absolute Gasteiger partial charge is 0.354 e. The van der Waals surface area contributed by atoms with Gasteiger partial charge in [-0.15, -0.1) is 0 Å². The second-order valence-electron chi connectivity index (χ2n) is 8.08. The molecule has 4 aromatic rings. The van der Waals surface area contributed by atoms with Crippen molar-refractivity contribution in [1.82, 2.24) is 9.97 Å². The first-order valence-corrected chi connectivity index (χ1v) is 11.0. The Bertz CT molecular complexity index is 1520. The van der Waals surface area contributed by atoms with Crippen molar-refractivity contribution >= 4 is 46.1 Å². The molecular weight excluding hydrogens is 460 g/mol. The Kier molecular flexibility index (Phi) is 5.75. The summed E-state index contributed by atoms with van der Waals surface area (Å²) in [6.07, 6.45) is 1.69. The number of H-pyrrole nitrogens is 1. The number of nitrogens with zero attached hydrogens (tertiary/aromatic N) is 2. The van der Waals surface area contributed by atoms with Crippen molar-refractivity contribution in [3.05, 3.63) is 100 Å². The average Bonchev–Trinajstić information content (AvgIpc) is 3.46. The molecule has 4 N–H and O–H groups in total. The van der Waals surface area contributed by atoms with Crippen LogP contribution >= 0.6 is 0 Å². The van der Waals surface area contributed by atoms with Gasteiger partial charge in [-0.3, -0.25) is 25.0 Å². The van der Waals surface area contributed by atoms with Gasteiger partial charge in [-0.2, -0.15) is 0 Å². The lowest BCUT2D eigenvalue weighted by Crippen LogP contribution is -2.10. The maximum atomic E-state index is 13.0. The van der Waals surface area contributed by atoms with Crippen LogP contribution in [-0.4, -0.2) is 26.7 Å². The number of rotatable bonds is 6. The minimum atomic E-state index is -0.485. The van der Waals surface area contributed by atoms with Crippen molar-refractivity contribution in [3.8, 4) is 11.3 Å². The smallest absolute Gasteiger partial charge is 0.270 e. The van der Waals surface area contributed by atoms with Crippen LogP contribution < -0.4 is 16.0 Å². The van der Waals surface area contributed by atoms with Crippen LogP contribution in [0.2, 0.25) is 0 Å². The molecule has 0 fully saturated rings. The second kappa shape index (κ2) is 9.18. The molecule has 5 rings (SSSR count). The summed E-state index contributed by atoms with van der Waals surface area (Å²) in [7, 11) is 0. The molecule has 0 bridgehead atoms. The SMILES string of the molecule is CC(=O)Nc1nc(-c2ccc(N/C(=C3\C(=O)Nc4ccc([N+](=O)[O-])cc43)c3ccccc3)cc2)c[nH]1. The van der Waals surface area contributed by atoms with E-state index in [1.807, 2.05) is 54.6 Å². The highest BCUT2D eigenvalue weighted by atomic mass is 16.6. The summed E-state index contributed by atoms with van der Waals surface area (Å²) in [5.41, 5.74) is 4.64.